The van der Waals surface area contributed by atoms with E-state index in [2.05, 4.69) is 5.32 Å². The molecule has 2 aromatic rings. The van der Waals surface area contributed by atoms with Gasteiger partial charge in [0.2, 0.25) is 6.79 Å². The molecule has 1 aromatic carbocycles. The van der Waals surface area contributed by atoms with Crippen molar-refractivity contribution in [3.8, 4) is 22.1 Å². The molecule has 0 aliphatic carbocycles. The number of thiazole rings is 1. The molecule has 0 fully saturated rings. The highest BCUT2D eigenvalue weighted by molar-refractivity contribution is 7.15. The number of fused-ring (bicyclic) bond motifs is 2. The summed E-state index contributed by atoms with van der Waals surface area (Å²) in [4.78, 5) is 6.03. The van der Waals surface area contributed by atoms with Gasteiger partial charge in [0, 0.05) is 30.0 Å². The summed E-state index contributed by atoms with van der Waals surface area (Å²) in [5, 5.41) is 4.93. The summed E-state index contributed by atoms with van der Waals surface area (Å²) in [7, 11) is 0. The molecule has 6 heteroatoms. The third kappa shape index (κ3) is 1.89. The van der Waals surface area contributed by atoms with Crippen molar-refractivity contribution < 1.29 is 9.47 Å². The molecule has 0 radical (unpaired) electrons. The van der Waals surface area contributed by atoms with E-state index in [0.717, 1.165) is 30.1 Å². The quantitative estimate of drug-likeness (QED) is 0.878. The number of nitrogens with one attached hydrogen (secondary N) is 1. The van der Waals surface area contributed by atoms with Gasteiger partial charge < -0.3 is 14.8 Å². The summed E-state index contributed by atoms with van der Waals surface area (Å²) >= 11 is 7.92. The summed E-state index contributed by atoms with van der Waals surface area (Å²) in [5.74, 6) is 1.34. The first kappa shape index (κ1) is 11.5. The van der Waals surface area contributed by atoms with Crippen molar-refractivity contribution in [1.82, 2.24) is 10.3 Å². The molecular formula is C13H11ClN2O2S. The van der Waals surface area contributed by atoms with Crippen LogP contribution in [0, 0.1) is 0 Å². The van der Waals surface area contributed by atoms with Gasteiger partial charge in [0.25, 0.3) is 0 Å². The molecule has 0 saturated carbocycles. The number of nitrogens with zero attached hydrogens (tertiary/aromatic N) is 1. The van der Waals surface area contributed by atoms with Crippen LogP contribution in [0.3, 0.4) is 0 Å². The van der Waals surface area contributed by atoms with Crippen molar-refractivity contribution in [3.05, 3.63) is 27.7 Å². The Kier molecular flexibility index (Phi) is 2.65. The van der Waals surface area contributed by atoms with Gasteiger partial charge in [-0.2, -0.15) is 0 Å². The topological polar surface area (TPSA) is 43.4 Å². The molecule has 0 bridgehead atoms. The Morgan fingerprint density at radius 2 is 2.26 bits per heavy atom. The number of ether oxygens (including phenoxy) is 2. The van der Waals surface area contributed by atoms with Gasteiger partial charge in [-0.3, -0.25) is 0 Å². The van der Waals surface area contributed by atoms with Crippen LogP contribution in [0.2, 0.25) is 5.02 Å². The molecule has 2 aliphatic rings. The van der Waals surface area contributed by atoms with Crippen LogP contribution in [-0.2, 0) is 13.0 Å². The Balaban J connectivity index is 1.80. The number of rotatable bonds is 1. The Bertz CT molecular complexity index is 633. The van der Waals surface area contributed by atoms with E-state index in [0.29, 0.717) is 16.5 Å². The number of halogens is 1. The third-order valence-corrected chi connectivity index (χ3v) is 4.70. The van der Waals surface area contributed by atoms with Crippen molar-refractivity contribution in [2.24, 2.45) is 0 Å². The molecule has 4 nitrogen and oxygen atoms in total. The van der Waals surface area contributed by atoms with Gasteiger partial charge in [-0.25, -0.2) is 4.98 Å². The van der Waals surface area contributed by atoms with Crippen LogP contribution in [0.25, 0.3) is 10.6 Å². The summed E-state index contributed by atoms with van der Waals surface area (Å²) in [5.41, 5.74) is 2.20. The fourth-order valence-corrected chi connectivity index (χ4v) is 3.67. The molecule has 3 heterocycles. The van der Waals surface area contributed by atoms with Gasteiger partial charge in [-0.05, 0) is 12.1 Å². The second-order valence-electron chi connectivity index (χ2n) is 4.51. The second-order valence-corrected chi connectivity index (χ2v) is 6.00. The van der Waals surface area contributed by atoms with E-state index < -0.39 is 0 Å². The summed E-state index contributed by atoms with van der Waals surface area (Å²) in [6.07, 6.45) is 0.990. The highest BCUT2D eigenvalue weighted by Gasteiger charge is 2.21. The Morgan fingerprint density at radius 3 is 3.16 bits per heavy atom. The maximum absolute atomic E-state index is 6.21. The minimum atomic E-state index is 0.233. The van der Waals surface area contributed by atoms with Gasteiger partial charge in [0.05, 0.1) is 10.7 Å². The largest absolute Gasteiger partial charge is 0.454 e. The lowest BCUT2D eigenvalue weighted by molar-refractivity contribution is 0.174. The monoisotopic (exact) mass is 294 g/mol. The van der Waals surface area contributed by atoms with E-state index in [4.69, 9.17) is 26.1 Å². The highest BCUT2D eigenvalue weighted by atomic mass is 35.5. The summed E-state index contributed by atoms with van der Waals surface area (Å²) in [6.45, 7) is 2.14. The molecule has 0 amide bonds. The maximum atomic E-state index is 6.21. The lowest BCUT2D eigenvalue weighted by Crippen LogP contribution is -2.22. The lowest BCUT2D eigenvalue weighted by Gasteiger charge is -2.09. The van der Waals surface area contributed by atoms with E-state index in [1.165, 1.54) is 10.6 Å². The summed E-state index contributed by atoms with van der Waals surface area (Å²) in [6, 6.07) is 3.85. The normalized spacial score (nSPS) is 16.5. The number of aromatic nitrogens is 1. The number of hydrogen-bond donors (Lipinski definition) is 1. The maximum Gasteiger partial charge on any atom is 0.231 e. The van der Waals surface area contributed by atoms with Crippen molar-refractivity contribution in [3.63, 3.8) is 0 Å². The first-order valence-corrected chi connectivity index (χ1v) is 7.29. The highest BCUT2D eigenvalue weighted by Crippen LogP contribution is 2.43. The zero-order valence-corrected chi connectivity index (χ0v) is 11.6. The second kappa shape index (κ2) is 4.37. The Labute approximate surface area is 119 Å². The average Bonchev–Trinajstić information content (AvgIpc) is 3.04. The van der Waals surface area contributed by atoms with Gasteiger partial charge in [0.1, 0.15) is 5.01 Å². The first-order chi connectivity index (χ1) is 9.31. The molecule has 4 rings (SSSR count). The van der Waals surface area contributed by atoms with Gasteiger partial charge >= 0.3 is 0 Å². The van der Waals surface area contributed by atoms with Gasteiger partial charge in [-0.15, -0.1) is 11.3 Å². The molecule has 1 N–H and O–H groups in total. The SMILES string of the molecule is Clc1cc(-c2nc3c(s2)CNCC3)cc2c1OCO2. The minimum absolute atomic E-state index is 0.233. The number of benzene rings is 1. The average molecular weight is 295 g/mol. The van der Waals surface area contributed by atoms with Crippen LogP contribution in [0.4, 0.5) is 0 Å². The summed E-state index contributed by atoms with van der Waals surface area (Å²) < 4.78 is 10.7. The number of hydrogen-bond acceptors (Lipinski definition) is 5. The molecule has 2 aliphatic heterocycles. The fourth-order valence-electron chi connectivity index (χ4n) is 2.34. The van der Waals surface area contributed by atoms with Crippen LogP contribution in [0.5, 0.6) is 11.5 Å². The predicted molar refractivity (Wildman–Crippen MR) is 74.1 cm³/mol. The molecule has 0 atom stereocenters. The van der Waals surface area contributed by atoms with E-state index in [9.17, 15) is 0 Å². The first-order valence-electron chi connectivity index (χ1n) is 6.10. The predicted octanol–water partition coefficient (Wildman–Crippen LogP) is 2.84. The standard InChI is InChI=1S/C13H11ClN2O2S/c14-8-3-7(4-10-12(8)18-6-17-10)13-16-9-1-2-15-5-11(9)19-13/h3-4,15H,1-2,5-6H2. The van der Waals surface area contributed by atoms with Crippen molar-refractivity contribution >= 4 is 22.9 Å². The lowest BCUT2D eigenvalue weighted by atomic mass is 10.2. The Hall–Kier alpha value is -1.30. The molecule has 0 spiro atoms. The molecule has 0 saturated heterocycles. The molecule has 19 heavy (non-hydrogen) atoms. The molecule has 1 aromatic heterocycles. The van der Waals surface area contributed by atoms with Crippen molar-refractivity contribution in [2.45, 2.75) is 13.0 Å². The van der Waals surface area contributed by atoms with E-state index in [1.54, 1.807) is 11.3 Å². The van der Waals surface area contributed by atoms with Crippen LogP contribution in [-0.4, -0.2) is 18.3 Å². The minimum Gasteiger partial charge on any atom is -0.454 e. The van der Waals surface area contributed by atoms with Gasteiger partial charge in [-0.1, -0.05) is 11.6 Å². The fraction of sp³-hybridized carbons (Fsp3) is 0.308. The van der Waals surface area contributed by atoms with Crippen LogP contribution < -0.4 is 14.8 Å². The van der Waals surface area contributed by atoms with Crippen molar-refractivity contribution in [2.75, 3.05) is 13.3 Å². The van der Waals surface area contributed by atoms with Crippen molar-refractivity contribution in [1.29, 1.82) is 0 Å². The van der Waals surface area contributed by atoms with Crippen LogP contribution >= 0.6 is 22.9 Å². The third-order valence-electron chi connectivity index (χ3n) is 3.28. The van der Waals surface area contributed by atoms with Crippen LogP contribution in [0.15, 0.2) is 12.1 Å². The smallest absolute Gasteiger partial charge is 0.231 e. The molecule has 98 valence electrons. The van der Waals surface area contributed by atoms with Crippen LogP contribution in [0.1, 0.15) is 10.6 Å². The molecule has 0 unspecified atom stereocenters. The van der Waals surface area contributed by atoms with E-state index in [1.807, 2.05) is 12.1 Å². The van der Waals surface area contributed by atoms with Gasteiger partial charge in [0.15, 0.2) is 11.5 Å². The molecular weight excluding hydrogens is 284 g/mol. The zero-order valence-electron chi connectivity index (χ0n) is 10.0. The Morgan fingerprint density at radius 1 is 1.32 bits per heavy atom. The van der Waals surface area contributed by atoms with E-state index >= 15 is 0 Å². The van der Waals surface area contributed by atoms with E-state index in [-0.39, 0.29) is 6.79 Å². The zero-order chi connectivity index (χ0) is 12.8.